The topological polar surface area (TPSA) is 107 Å². The number of carboxylic acid groups (broad SMARTS) is 2. The minimum Gasteiger partial charge on any atom is -0.481 e. The fraction of sp³-hybridized carbons (Fsp3) is 0.727. The fourth-order valence-corrected chi connectivity index (χ4v) is 1.96. The molecule has 1 fully saturated rings. The molecule has 1 aliphatic heterocycles. The van der Waals surface area contributed by atoms with E-state index in [1.54, 1.807) is 0 Å². The predicted octanol–water partition coefficient (Wildman–Crippen LogP) is -0.628. The van der Waals surface area contributed by atoms with Crippen molar-refractivity contribution in [2.24, 2.45) is 5.92 Å². The second-order valence-corrected chi connectivity index (χ2v) is 4.58. The molecule has 0 radical (unpaired) electrons. The Hall–Kier alpha value is -1.63. The summed E-state index contributed by atoms with van der Waals surface area (Å²) in [7, 11) is 1.90. The second kappa shape index (κ2) is 6.34. The lowest BCUT2D eigenvalue weighted by molar-refractivity contribution is -0.143. The number of aliphatic carboxylic acids is 2. The highest BCUT2D eigenvalue weighted by atomic mass is 16.4. The van der Waals surface area contributed by atoms with Gasteiger partial charge in [-0.25, -0.2) is 4.79 Å². The number of rotatable bonds is 6. The van der Waals surface area contributed by atoms with Crippen molar-refractivity contribution in [3.8, 4) is 0 Å². The maximum absolute atomic E-state index is 11.8. The highest BCUT2D eigenvalue weighted by Gasteiger charge is 2.29. The van der Waals surface area contributed by atoms with Crippen molar-refractivity contribution in [3.05, 3.63) is 0 Å². The van der Waals surface area contributed by atoms with E-state index in [9.17, 15) is 14.4 Å². The van der Waals surface area contributed by atoms with E-state index < -0.39 is 18.0 Å². The van der Waals surface area contributed by atoms with Crippen LogP contribution < -0.4 is 5.32 Å². The summed E-state index contributed by atoms with van der Waals surface area (Å²) < 4.78 is 0. The Balaban J connectivity index is 2.47. The number of amides is 1. The van der Waals surface area contributed by atoms with Crippen molar-refractivity contribution in [1.82, 2.24) is 10.2 Å². The van der Waals surface area contributed by atoms with Crippen LogP contribution >= 0.6 is 0 Å². The van der Waals surface area contributed by atoms with Crippen LogP contribution in [0.15, 0.2) is 0 Å². The van der Waals surface area contributed by atoms with Crippen molar-refractivity contribution < 1.29 is 24.6 Å². The standard InChI is InChI=1S/C11H18N2O5/c1-13-5-4-7(6-13)10(16)12-8(11(17)18)2-3-9(14)15/h7-8H,2-6H2,1H3,(H,12,16)(H,14,15)(H,17,18)/t7?,8-/m0/s1. The minimum atomic E-state index is -1.20. The van der Waals surface area contributed by atoms with Crippen molar-refractivity contribution >= 4 is 17.8 Å². The smallest absolute Gasteiger partial charge is 0.326 e. The van der Waals surface area contributed by atoms with E-state index in [1.165, 1.54) is 0 Å². The summed E-state index contributed by atoms with van der Waals surface area (Å²) in [5.41, 5.74) is 0. The van der Waals surface area contributed by atoms with Crippen molar-refractivity contribution in [2.75, 3.05) is 20.1 Å². The zero-order valence-electron chi connectivity index (χ0n) is 10.3. The molecule has 1 heterocycles. The van der Waals surface area contributed by atoms with Crippen LogP contribution in [-0.4, -0.2) is 59.1 Å². The molecule has 1 amide bonds. The summed E-state index contributed by atoms with van der Waals surface area (Å²) in [6.45, 7) is 1.42. The maximum Gasteiger partial charge on any atom is 0.326 e. The van der Waals surface area contributed by atoms with Crippen molar-refractivity contribution in [2.45, 2.75) is 25.3 Å². The van der Waals surface area contributed by atoms with Crippen LogP contribution in [0.3, 0.4) is 0 Å². The Bertz CT molecular complexity index is 344. The van der Waals surface area contributed by atoms with Gasteiger partial charge in [0, 0.05) is 13.0 Å². The molecule has 1 saturated heterocycles. The van der Waals surface area contributed by atoms with Gasteiger partial charge >= 0.3 is 11.9 Å². The first-order chi connectivity index (χ1) is 8.40. The molecular formula is C11H18N2O5. The molecule has 18 heavy (non-hydrogen) atoms. The third kappa shape index (κ3) is 4.33. The number of carboxylic acids is 2. The van der Waals surface area contributed by atoms with Crippen LogP contribution in [0.4, 0.5) is 0 Å². The molecular weight excluding hydrogens is 240 g/mol. The summed E-state index contributed by atoms with van der Waals surface area (Å²) in [4.78, 5) is 35.1. The Kier molecular flexibility index (Phi) is 5.08. The monoisotopic (exact) mass is 258 g/mol. The lowest BCUT2D eigenvalue weighted by atomic mass is 10.1. The highest BCUT2D eigenvalue weighted by molar-refractivity contribution is 5.85. The number of likely N-dealkylation sites (tertiary alicyclic amines) is 1. The summed E-state index contributed by atoms with van der Waals surface area (Å²) in [6.07, 6.45) is 0.328. The van der Waals surface area contributed by atoms with Gasteiger partial charge in [0.05, 0.1) is 5.92 Å². The third-order valence-electron chi connectivity index (χ3n) is 3.02. The van der Waals surface area contributed by atoms with Gasteiger partial charge in [-0.1, -0.05) is 0 Å². The molecule has 7 heteroatoms. The van der Waals surface area contributed by atoms with E-state index >= 15 is 0 Å². The highest BCUT2D eigenvalue weighted by Crippen LogP contribution is 2.14. The van der Waals surface area contributed by atoms with E-state index in [0.29, 0.717) is 13.0 Å². The average molecular weight is 258 g/mol. The number of hydrogen-bond acceptors (Lipinski definition) is 4. The van der Waals surface area contributed by atoms with Gasteiger partial charge in [-0.05, 0) is 26.4 Å². The Labute approximate surface area is 105 Å². The van der Waals surface area contributed by atoms with Crippen LogP contribution in [-0.2, 0) is 14.4 Å². The van der Waals surface area contributed by atoms with Gasteiger partial charge in [-0.15, -0.1) is 0 Å². The number of nitrogens with one attached hydrogen (secondary N) is 1. The van der Waals surface area contributed by atoms with Gasteiger partial charge in [-0.3, -0.25) is 9.59 Å². The third-order valence-corrected chi connectivity index (χ3v) is 3.02. The largest absolute Gasteiger partial charge is 0.481 e. The molecule has 0 aromatic rings. The van der Waals surface area contributed by atoms with E-state index in [2.05, 4.69) is 5.32 Å². The van der Waals surface area contributed by atoms with E-state index in [4.69, 9.17) is 10.2 Å². The van der Waals surface area contributed by atoms with Crippen LogP contribution in [0.2, 0.25) is 0 Å². The Morgan fingerprint density at radius 2 is 2.06 bits per heavy atom. The first-order valence-electron chi connectivity index (χ1n) is 5.83. The molecule has 0 bridgehead atoms. The number of carbonyl (C=O) groups excluding carboxylic acids is 1. The van der Waals surface area contributed by atoms with Gasteiger partial charge in [0.25, 0.3) is 0 Å². The molecule has 0 aromatic carbocycles. The molecule has 2 atom stereocenters. The zero-order chi connectivity index (χ0) is 13.7. The summed E-state index contributed by atoms with van der Waals surface area (Å²) in [5.74, 6) is -2.79. The normalized spacial score (nSPS) is 21.5. The maximum atomic E-state index is 11.8. The van der Waals surface area contributed by atoms with Crippen LogP contribution in [0.25, 0.3) is 0 Å². The number of hydrogen-bond donors (Lipinski definition) is 3. The van der Waals surface area contributed by atoms with Gasteiger partial charge in [0.1, 0.15) is 6.04 Å². The molecule has 0 aromatic heterocycles. The molecule has 1 unspecified atom stereocenters. The molecule has 0 saturated carbocycles. The van der Waals surface area contributed by atoms with E-state index in [-0.39, 0.29) is 24.7 Å². The molecule has 7 nitrogen and oxygen atoms in total. The lowest BCUT2D eigenvalue weighted by Crippen LogP contribution is -2.44. The minimum absolute atomic E-state index is 0.0982. The van der Waals surface area contributed by atoms with Crippen LogP contribution in [0.1, 0.15) is 19.3 Å². The summed E-state index contributed by atoms with van der Waals surface area (Å²) in [6, 6.07) is -1.13. The van der Waals surface area contributed by atoms with Gasteiger partial charge < -0.3 is 20.4 Å². The fourth-order valence-electron chi connectivity index (χ4n) is 1.96. The molecule has 1 aliphatic rings. The molecule has 0 spiro atoms. The number of nitrogens with zero attached hydrogens (tertiary/aromatic N) is 1. The Morgan fingerprint density at radius 3 is 2.50 bits per heavy atom. The SMILES string of the molecule is CN1CCC(C(=O)N[C@@H](CCC(=O)O)C(=O)O)C1. The quantitative estimate of drug-likeness (QED) is 0.585. The van der Waals surface area contributed by atoms with Crippen LogP contribution in [0.5, 0.6) is 0 Å². The molecule has 0 aliphatic carbocycles. The van der Waals surface area contributed by atoms with Gasteiger partial charge in [0.15, 0.2) is 0 Å². The number of carbonyl (C=O) groups is 3. The van der Waals surface area contributed by atoms with Gasteiger partial charge in [0.2, 0.25) is 5.91 Å². The lowest BCUT2D eigenvalue weighted by Gasteiger charge is -2.16. The Morgan fingerprint density at radius 1 is 1.39 bits per heavy atom. The predicted molar refractivity (Wildman–Crippen MR) is 62.0 cm³/mol. The van der Waals surface area contributed by atoms with E-state index in [1.807, 2.05) is 11.9 Å². The van der Waals surface area contributed by atoms with E-state index in [0.717, 1.165) is 6.54 Å². The molecule has 3 N–H and O–H groups in total. The van der Waals surface area contributed by atoms with Gasteiger partial charge in [-0.2, -0.15) is 0 Å². The zero-order valence-corrected chi connectivity index (χ0v) is 10.3. The summed E-state index contributed by atoms with van der Waals surface area (Å²) >= 11 is 0. The van der Waals surface area contributed by atoms with Crippen molar-refractivity contribution in [3.63, 3.8) is 0 Å². The second-order valence-electron chi connectivity index (χ2n) is 4.58. The summed E-state index contributed by atoms with van der Waals surface area (Å²) in [5, 5.41) is 19.8. The van der Waals surface area contributed by atoms with Crippen LogP contribution in [0, 0.1) is 5.92 Å². The first-order valence-corrected chi connectivity index (χ1v) is 5.83. The van der Waals surface area contributed by atoms with Crippen molar-refractivity contribution in [1.29, 1.82) is 0 Å². The molecule has 1 rings (SSSR count). The average Bonchev–Trinajstić information content (AvgIpc) is 2.70. The first kappa shape index (κ1) is 14.4. The molecule has 102 valence electrons.